The Bertz CT molecular complexity index is 765. The molecule has 0 saturated heterocycles. The third kappa shape index (κ3) is 5.44. The number of primary amides is 1. The Balaban J connectivity index is 1.95. The highest BCUT2D eigenvalue weighted by Crippen LogP contribution is 2.22. The zero-order valence-corrected chi connectivity index (χ0v) is 14.4. The number of hydrogen-bond donors (Lipinski definition) is 1. The Morgan fingerprint density at radius 3 is 2.56 bits per heavy atom. The third-order valence-corrected chi connectivity index (χ3v) is 3.81. The fourth-order valence-corrected chi connectivity index (χ4v) is 2.37. The summed E-state index contributed by atoms with van der Waals surface area (Å²) in [6.07, 6.45) is 0. The number of halogens is 1. The highest BCUT2D eigenvalue weighted by atomic mass is 35.5. The Morgan fingerprint density at radius 2 is 1.96 bits per heavy atom. The van der Waals surface area contributed by atoms with Crippen molar-refractivity contribution < 1.29 is 14.5 Å². The molecular formula is C17H18ClN3O4. The van der Waals surface area contributed by atoms with Gasteiger partial charge in [0.15, 0.2) is 0 Å². The lowest BCUT2D eigenvalue weighted by Crippen LogP contribution is -2.24. The van der Waals surface area contributed by atoms with E-state index < -0.39 is 10.8 Å². The van der Waals surface area contributed by atoms with Crippen LogP contribution in [0.1, 0.15) is 15.9 Å². The SMILES string of the molecule is CN(CCOc1ccc(Cl)cc1)Cc1ccc(C(N)=O)cc1[N+](=O)[O-]. The lowest BCUT2D eigenvalue weighted by Gasteiger charge is -2.17. The predicted molar refractivity (Wildman–Crippen MR) is 94.9 cm³/mol. The number of nitro groups is 1. The van der Waals surface area contributed by atoms with Crippen molar-refractivity contribution in [1.82, 2.24) is 4.90 Å². The van der Waals surface area contributed by atoms with Crippen LogP contribution in [0.25, 0.3) is 0 Å². The molecule has 0 radical (unpaired) electrons. The summed E-state index contributed by atoms with van der Waals surface area (Å²) in [5.41, 5.74) is 5.66. The molecule has 132 valence electrons. The summed E-state index contributed by atoms with van der Waals surface area (Å²) in [6.45, 7) is 1.34. The minimum Gasteiger partial charge on any atom is -0.492 e. The summed E-state index contributed by atoms with van der Waals surface area (Å²) >= 11 is 5.81. The smallest absolute Gasteiger partial charge is 0.274 e. The first-order valence-corrected chi connectivity index (χ1v) is 7.88. The van der Waals surface area contributed by atoms with E-state index in [0.29, 0.717) is 36.0 Å². The van der Waals surface area contributed by atoms with E-state index in [2.05, 4.69) is 0 Å². The molecule has 8 heteroatoms. The zero-order valence-electron chi connectivity index (χ0n) is 13.6. The summed E-state index contributed by atoms with van der Waals surface area (Å²) in [7, 11) is 1.83. The fourth-order valence-electron chi connectivity index (χ4n) is 2.24. The largest absolute Gasteiger partial charge is 0.492 e. The molecule has 0 atom stereocenters. The van der Waals surface area contributed by atoms with Crippen molar-refractivity contribution >= 4 is 23.2 Å². The van der Waals surface area contributed by atoms with Crippen molar-refractivity contribution in [3.63, 3.8) is 0 Å². The van der Waals surface area contributed by atoms with Crippen LogP contribution >= 0.6 is 11.6 Å². The van der Waals surface area contributed by atoms with Crippen molar-refractivity contribution in [3.05, 3.63) is 68.7 Å². The van der Waals surface area contributed by atoms with E-state index in [4.69, 9.17) is 22.1 Å². The summed E-state index contributed by atoms with van der Waals surface area (Å²) in [5, 5.41) is 11.8. The first-order valence-electron chi connectivity index (χ1n) is 7.51. The van der Waals surface area contributed by atoms with Gasteiger partial charge in [0.1, 0.15) is 12.4 Å². The molecule has 2 aromatic rings. The van der Waals surface area contributed by atoms with E-state index in [1.807, 2.05) is 11.9 Å². The minimum absolute atomic E-state index is 0.115. The first kappa shape index (κ1) is 18.7. The van der Waals surface area contributed by atoms with Crippen LogP contribution in [0, 0.1) is 10.1 Å². The normalized spacial score (nSPS) is 10.7. The van der Waals surface area contributed by atoms with Gasteiger partial charge in [0, 0.05) is 35.3 Å². The summed E-state index contributed by atoms with van der Waals surface area (Å²) in [5.74, 6) is 0.00830. The van der Waals surface area contributed by atoms with Gasteiger partial charge in [-0.2, -0.15) is 0 Å². The molecule has 0 bridgehead atoms. The second-order valence-corrected chi connectivity index (χ2v) is 5.94. The van der Waals surface area contributed by atoms with Gasteiger partial charge in [0.2, 0.25) is 5.91 Å². The van der Waals surface area contributed by atoms with Gasteiger partial charge >= 0.3 is 0 Å². The Labute approximate surface area is 150 Å². The van der Waals surface area contributed by atoms with E-state index >= 15 is 0 Å². The monoisotopic (exact) mass is 363 g/mol. The van der Waals surface area contributed by atoms with Gasteiger partial charge in [0.05, 0.1) is 4.92 Å². The summed E-state index contributed by atoms with van der Waals surface area (Å²) in [4.78, 5) is 23.8. The maximum atomic E-state index is 11.2. The second-order valence-electron chi connectivity index (χ2n) is 5.51. The number of ether oxygens (including phenoxy) is 1. The maximum Gasteiger partial charge on any atom is 0.274 e. The molecule has 0 aliphatic carbocycles. The number of benzene rings is 2. The Kier molecular flexibility index (Phi) is 6.32. The molecule has 7 nitrogen and oxygen atoms in total. The van der Waals surface area contributed by atoms with Crippen LogP contribution in [0.3, 0.4) is 0 Å². The van der Waals surface area contributed by atoms with Gasteiger partial charge in [0.25, 0.3) is 5.69 Å². The molecule has 2 N–H and O–H groups in total. The molecule has 0 saturated carbocycles. The van der Waals surface area contributed by atoms with E-state index in [-0.39, 0.29) is 11.3 Å². The lowest BCUT2D eigenvalue weighted by molar-refractivity contribution is -0.385. The highest BCUT2D eigenvalue weighted by Gasteiger charge is 2.17. The quantitative estimate of drug-likeness (QED) is 0.574. The van der Waals surface area contributed by atoms with Crippen molar-refractivity contribution in [2.24, 2.45) is 5.73 Å². The number of carbonyl (C=O) groups is 1. The lowest BCUT2D eigenvalue weighted by atomic mass is 10.1. The number of nitro benzene ring substituents is 1. The second kappa shape index (κ2) is 8.46. The molecule has 2 rings (SSSR count). The van der Waals surface area contributed by atoms with E-state index in [9.17, 15) is 14.9 Å². The van der Waals surface area contributed by atoms with Crippen molar-refractivity contribution in [1.29, 1.82) is 0 Å². The van der Waals surface area contributed by atoms with E-state index in [0.717, 1.165) is 0 Å². The van der Waals surface area contributed by atoms with Crippen LogP contribution in [0.5, 0.6) is 5.75 Å². The number of carbonyl (C=O) groups excluding carboxylic acids is 1. The molecule has 0 aliphatic rings. The van der Waals surface area contributed by atoms with Gasteiger partial charge in [-0.3, -0.25) is 19.8 Å². The van der Waals surface area contributed by atoms with Crippen molar-refractivity contribution in [3.8, 4) is 5.75 Å². The molecule has 0 aromatic heterocycles. The Morgan fingerprint density at radius 1 is 1.28 bits per heavy atom. The van der Waals surface area contributed by atoms with Crippen LogP contribution in [-0.2, 0) is 6.54 Å². The Hall–Kier alpha value is -2.64. The number of nitrogens with two attached hydrogens (primary N) is 1. The molecule has 2 aromatic carbocycles. The number of rotatable bonds is 8. The molecule has 0 spiro atoms. The summed E-state index contributed by atoms with van der Waals surface area (Å²) < 4.78 is 5.60. The molecule has 0 fully saturated rings. The van der Waals surface area contributed by atoms with Crippen LogP contribution in [-0.4, -0.2) is 35.9 Å². The zero-order chi connectivity index (χ0) is 18.4. The maximum absolute atomic E-state index is 11.2. The van der Waals surface area contributed by atoms with Crippen molar-refractivity contribution in [2.45, 2.75) is 6.54 Å². The number of amides is 1. The average molecular weight is 364 g/mol. The van der Waals surface area contributed by atoms with Gasteiger partial charge in [-0.05, 0) is 37.4 Å². The molecular weight excluding hydrogens is 346 g/mol. The minimum atomic E-state index is -0.695. The van der Waals surface area contributed by atoms with Gasteiger partial charge < -0.3 is 10.5 Å². The fraction of sp³-hybridized carbons (Fsp3) is 0.235. The van der Waals surface area contributed by atoms with E-state index in [1.165, 1.54) is 12.1 Å². The number of hydrogen-bond acceptors (Lipinski definition) is 5. The standard InChI is InChI=1S/C17H18ClN3O4/c1-20(8-9-25-15-6-4-14(18)5-7-15)11-13-3-2-12(17(19)22)10-16(13)21(23)24/h2-7,10H,8-9,11H2,1H3,(H2,19,22). The van der Waals surface area contributed by atoms with Gasteiger partial charge in [-0.25, -0.2) is 0 Å². The van der Waals surface area contributed by atoms with Crippen molar-refractivity contribution in [2.75, 3.05) is 20.2 Å². The molecule has 0 aliphatic heterocycles. The first-order chi connectivity index (χ1) is 11.9. The predicted octanol–water partition coefficient (Wildman–Crippen LogP) is 2.86. The van der Waals surface area contributed by atoms with Crippen LogP contribution < -0.4 is 10.5 Å². The highest BCUT2D eigenvalue weighted by molar-refractivity contribution is 6.30. The topological polar surface area (TPSA) is 98.7 Å². The molecule has 25 heavy (non-hydrogen) atoms. The third-order valence-electron chi connectivity index (χ3n) is 3.56. The summed E-state index contributed by atoms with van der Waals surface area (Å²) in [6, 6.07) is 11.3. The average Bonchev–Trinajstić information content (AvgIpc) is 2.56. The van der Waals surface area contributed by atoms with Gasteiger partial charge in [-0.1, -0.05) is 17.7 Å². The van der Waals surface area contributed by atoms with Crippen LogP contribution in [0.4, 0.5) is 5.69 Å². The van der Waals surface area contributed by atoms with Gasteiger partial charge in [-0.15, -0.1) is 0 Å². The number of likely N-dealkylation sites (N-methyl/N-ethyl adjacent to an activating group) is 1. The molecule has 0 heterocycles. The number of nitrogens with zero attached hydrogens (tertiary/aromatic N) is 2. The van der Waals surface area contributed by atoms with Crippen LogP contribution in [0.15, 0.2) is 42.5 Å². The van der Waals surface area contributed by atoms with Crippen LogP contribution in [0.2, 0.25) is 5.02 Å². The molecule has 1 amide bonds. The molecule has 0 unspecified atom stereocenters. The van der Waals surface area contributed by atoms with E-state index in [1.54, 1.807) is 30.3 Å².